The number of hydrogen-bond acceptors (Lipinski definition) is 4. The molecule has 3 aromatic rings. The Kier molecular flexibility index (Phi) is 2.66. The number of nitrogens with zero attached hydrogens (tertiary/aromatic N) is 1. The highest BCUT2D eigenvalue weighted by Crippen LogP contribution is 2.36. The number of fused-ring (bicyclic) bond motifs is 1. The zero-order valence-corrected chi connectivity index (χ0v) is 10.3. The van der Waals surface area contributed by atoms with Gasteiger partial charge in [-0.3, -0.25) is 4.98 Å². The Morgan fingerprint density at radius 2 is 2.18 bits per heavy atom. The molecule has 1 unspecified atom stereocenters. The second-order valence-corrected chi connectivity index (χ2v) is 5.66. The number of hydrogen-bond donors (Lipinski definition) is 1. The molecule has 0 spiro atoms. The van der Waals surface area contributed by atoms with Gasteiger partial charge in [0, 0.05) is 26.0 Å². The van der Waals surface area contributed by atoms with Crippen molar-refractivity contribution >= 4 is 32.1 Å². The molecule has 17 heavy (non-hydrogen) atoms. The maximum atomic E-state index is 13.5. The molecule has 3 heterocycles. The molecular weight excluding hydrogens is 257 g/mol. The minimum atomic E-state index is -0.914. The largest absolute Gasteiger partial charge is 0.383 e. The highest BCUT2D eigenvalue weighted by atomic mass is 32.1. The summed E-state index contributed by atoms with van der Waals surface area (Å²) in [7, 11) is 0. The third kappa shape index (κ3) is 1.86. The highest BCUT2D eigenvalue weighted by molar-refractivity contribution is 7.26. The number of pyridine rings is 1. The van der Waals surface area contributed by atoms with Crippen LogP contribution in [0.25, 0.3) is 9.40 Å². The zero-order chi connectivity index (χ0) is 11.8. The van der Waals surface area contributed by atoms with E-state index in [4.69, 9.17) is 0 Å². The van der Waals surface area contributed by atoms with E-state index in [9.17, 15) is 9.50 Å². The van der Waals surface area contributed by atoms with Gasteiger partial charge in [0.15, 0.2) is 0 Å². The summed E-state index contributed by atoms with van der Waals surface area (Å²) in [5.41, 5.74) is 0.272. The summed E-state index contributed by atoms with van der Waals surface area (Å²) in [6, 6.07) is 5.42. The first-order valence-corrected chi connectivity index (χ1v) is 6.70. The van der Waals surface area contributed by atoms with Gasteiger partial charge in [0.1, 0.15) is 11.9 Å². The predicted molar refractivity (Wildman–Crippen MR) is 68.0 cm³/mol. The first-order valence-electron chi connectivity index (χ1n) is 5.00. The van der Waals surface area contributed by atoms with E-state index < -0.39 is 11.9 Å². The van der Waals surface area contributed by atoms with Crippen LogP contribution in [-0.4, -0.2) is 10.1 Å². The van der Waals surface area contributed by atoms with Crippen molar-refractivity contribution in [1.82, 2.24) is 4.98 Å². The Morgan fingerprint density at radius 1 is 1.29 bits per heavy atom. The Morgan fingerprint density at radius 3 is 2.94 bits per heavy atom. The lowest BCUT2D eigenvalue weighted by Gasteiger charge is -2.08. The predicted octanol–water partition coefficient (Wildman–Crippen LogP) is 3.58. The van der Waals surface area contributed by atoms with Crippen LogP contribution in [0.5, 0.6) is 0 Å². The van der Waals surface area contributed by atoms with E-state index in [-0.39, 0.29) is 5.56 Å². The molecule has 0 aliphatic heterocycles. The van der Waals surface area contributed by atoms with Crippen LogP contribution in [0.3, 0.4) is 0 Å². The van der Waals surface area contributed by atoms with Crippen LogP contribution in [0.15, 0.2) is 36.0 Å². The number of aromatic nitrogens is 1. The van der Waals surface area contributed by atoms with Crippen LogP contribution in [0.2, 0.25) is 0 Å². The van der Waals surface area contributed by atoms with E-state index in [1.807, 2.05) is 17.5 Å². The van der Waals surface area contributed by atoms with Crippen molar-refractivity contribution in [2.45, 2.75) is 6.10 Å². The standard InChI is InChI=1S/C12H8FNOS2/c13-8-6-14-3-1-7(8)12(15)11-5-10-9(17-11)2-4-16-10/h1-6,12,15H. The molecule has 5 heteroatoms. The Hall–Kier alpha value is -1.30. The number of aliphatic hydroxyl groups excluding tert-OH is 1. The van der Waals surface area contributed by atoms with Crippen molar-refractivity contribution in [2.24, 2.45) is 0 Å². The number of rotatable bonds is 2. The molecule has 0 aliphatic rings. The molecule has 2 nitrogen and oxygen atoms in total. The van der Waals surface area contributed by atoms with Gasteiger partial charge in [0.2, 0.25) is 0 Å². The number of thiophene rings is 2. The van der Waals surface area contributed by atoms with Gasteiger partial charge in [0.05, 0.1) is 6.20 Å². The molecule has 1 N–H and O–H groups in total. The van der Waals surface area contributed by atoms with Crippen molar-refractivity contribution in [1.29, 1.82) is 0 Å². The monoisotopic (exact) mass is 265 g/mol. The van der Waals surface area contributed by atoms with Crippen LogP contribution in [0.4, 0.5) is 4.39 Å². The van der Waals surface area contributed by atoms with Crippen LogP contribution in [0, 0.1) is 5.82 Å². The summed E-state index contributed by atoms with van der Waals surface area (Å²) in [6.07, 6.45) is 1.69. The van der Waals surface area contributed by atoms with Crippen molar-refractivity contribution in [2.75, 3.05) is 0 Å². The van der Waals surface area contributed by atoms with Crippen molar-refractivity contribution in [3.8, 4) is 0 Å². The summed E-state index contributed by atoms with van der Waals surface area (Å²) < 4.78 is 15.7. The maximum Gasteiger partial charge on any atom is 0.147 e. The van der Waals surface area contributed by atoms with Crippen LogP contribution in [0.1, 0.15) is 16.5 Å². The molecule has 0 fully saturated rings. The lowest BCUT2D eigenvalue weighted by molar-refractivity contribution is 0.218. The molecule has 0 aliphatic carbocycles. The minimum Gasteiger partial charge on any atom is -0.383 e. The SMILES string of the molecule is OC(c1cc2sccc2s1)c1ccncc1F. The minimum absolute atomic E-state index is 0.272. The fourth-order valence-corrected chi connectivity index (χ4v) is 3.81. The first-order chi connectivity index (χ1) is 8.25. The topological polar surface area (TPSA) is 33.1 Å². The fraction of sp³-hybridized carbons (Fsp3) is 0.0833. The highest BCUT2D eigenvalue weighted by Gasteiger charge is 2.17. The summed E-state index contributed by atoms with van der Waals surface area (Å²) in [5, 5.41) is 12.1. The van der Waals surface area contributed by atoms with Crippen LogP contribution in [-0.2, 0) is 0 Å². The lowest BCUT2D eigenvalue weighted by Crippen LogP contribution is -2.00. The van der Waals surface area contributed by atoms with E-state index >= 15 is 0 Å². The van der Waals surface area contributed by atoms with Gasteiger partial charge in [-0.25, -0.2) is 4.39 Å². The quantitative estimate of drug-likeness (QED) is 0.768. The molecule has 0 bridgehead atoms. The number of halogens is 1. The molecule has 0 aromatic carbocycles. The van der Waals surface area contributed by atoms with Gasteiger partial charge in [-0.2, -0.15) is 0 Å². The molecule has 0 saturated carbocycles. The first kappa shape index (κ1) is 10.8. The van der Waals surface area contributed by atoms with E-state index in [2.05, 4.69) is 4.98 Å². The molecule has 86 valence electrons. The summed E-state index contributed by atoms with van der Waals surface area (Å²) >= 11 is 3.11. The Labute approximate surface area is 105 Å². The smallest absolute Gasteiger partial charge is 0.147 e. The van der Waals surface area contributed by atoms with E-state index in [0.29, 0.717) is 0 Å². The average Bonchev–Trinajstić information content (AvgIpc) is 2.88. The molecule has 0 amide bonds. The molecular formula is C12H8FNOS2. The van der Waals surface area contributed by atoms with Crippen molar-refractivity contribution in [3.05, 3.63) is 52.2 Å². The van der Waals surface area contributed by atoms with Crippen LogP contribution < -0.4 is 0 Å². The lowest BCUT2D eigenvalue weighted by atomic mass is 10.1. The van der Waals surface area contributed by atoms with Gasteiger partial charge in [0.25, 0.3) is 0 Å². The second kappa shape index (κ2) is 4.18. The second-order valence-electron chi connectivity index (χ2n) is 3.60. The van der Waals surface area contributed by atoms with Crippen molar-refractivity contribution < 1.29 is 9.50 Å². The third-order valence-electron chi connectivity index (χ3n) is 2.53. The fourth-order valence-electron chi connectivity index (χ4n) is 1.68. The molecule has 3 aromatic heterocycles. The number of aliphatic hydroxyl groups is 1. The van der Waals surface area contributed by atoms with Crippen LogP contribution >= 0.6 is 22.7 Å². The van der Waals surface area contributed by atoms with Gasteiger partial charge < -0.3 is 5.11 Å². The zero-order valence-electron chi connectivity index (χ0n) is 8.63. The third-order valence-corrected chi connectivity index (χ3v) is 4.67. The van der Waals surface area contributed by atoms with E-state index in [1.165, 1.54) is 23.6 Å². The molecule has 3 rings (SSSR count). The van der Waals surface area contributed by atoms with Gasteiger partial charge in [-0.1, -0.05) is 0 Å². The molecule has 1 atom stereocenters. The Balaban J connectivity index is 2.04. The van der Waals surface area contributed by atoms with E-state index in [0.717, 1.165) is 20.5 Å². The maximum absolute atomic E-state index is 13.5. The molecule has 0 saturated heterocycles. The normalized spacial score (nSPS) is 13.1. The van der Waals surface area contributed by atoms with Gasteiger partial charge in [-0.05, 0) is 23.6 Å². The van der Waals surface area contributed by atoms with E-state index in [1.54, 1.807) is 11.3 Å². The molecule has 0 radical (unpaired) electrons. The van der Waals surface area contributed by atoms with Crippen molar-refractivity contribution in [3.63, 3.8) is 0 Å². The Bertz CT molecular complexity index is 633. The summed E-state index contributed by atoms with van der Waals surface area (Å²) in [6.45, 7) is 0. The van der Waals surface area contributed by atoms with Gasteiger partial charge in [-0.15, -0.1) is 22.7 Å². The summed E-state index contributed by atoms with van der Waals surface area (Å²) in [4.78, 5) is 4.43. The van der Waals surface area contributed by atoms with Gasteiger partial charge >= 0.3 is 0 Å². The summed E-state index contributed by atoms with van der Waals surface area (Å²) in [5.74, 6) is -0.475. The average molecular weight is 265 g/mol.